The fourth-order valence-corrected chi connectivity index (χ4v) is 5.31. The molecule has 0 spiro atoms. The van der Waals surface area contributed by atoms with E-state index in [0.717, 1.165) is 16.5 Å². The summed E-state index contributed by atoms with van der Waals surface area (Å²) in [5.74, 6) is -1.01. The van der Waals surface area contributed by atoms with E-state index in [9.17, 15) is 13.2 Å². The van der Waals surface area contributed by atoms with Gasteiger partial charge in [-0.15, -0.1) is 0 Å². The molecule has 0 unspecified atom stereocenters. The third-order valence-electron chi connectivity index (χ3n) is 4.91. The molecule has 3 aromatic carbocycles. The Labute approximate surface area is 179 Å². The van der Waals surface area contributed by atoms with Crippen LogP contribution in [0, 0.1) is 6.92 Å². The number of benzene rings is 3. The Morgan fingerprint density at radius 1 is 1.00 bits per heavy atom. The summed E-state index contributed by atoms with van der Waals surface area (Å²) in [6.07, 6.45) is 0.317. The van der Waals surface area contributed by atoms with Gasteiger partial charge in [-0.1, -0.05) is 35.9 Å². The monoisotopic (exact) mass is 439 g/mol. The summed E-state index contributed by atoms with van der Waals surface area (Å²) >= 11 is 6.13. The number of carboxylic acids is 1. The van der Waals surface area contributed by atoms with Crippen molar-refractivity contribution in [3.63, 3.8) is 0 Å². The van der Waals surface area contributed by atoms with E-state index in [4.69, 9.17) is 16.7 Å². The molecule has 0 aliphatic carbocycles. The molecule has 0 fully saturated rings. The number of rotatable bonds is 5. The molecule has 0 atom stereocenters. The number of carboxylic acid groups (broad SMARTS) is 1. The summed E-state index contributed by atoms with van der Waals surface area (Å²) in [5, 5.41) is 10.3. The van der Waals surface area contributed by atoms with Crippen LogP contribution in [-0.4, -0.2) is 23.5 Å². The van der Waals surface area contributed by atoms with E-state index in [-0.39, 0.29) is 10.5 Å². The summed E-state index contributed by atoms with van der Waals surface area (Å²) in [7, 11) is -3.85. The fraction of sp³-hybridized carbons (Fsp3) is 0.0870. The highest BCUT2D eigenvalue weighted by atomic mass is 35.5. The Kier molecular flexibility index (Phi) is 5.13. The highest BCUT2D eigenvalue weighted by molar-refractivity contribution is 7.90. The van der Waals surface area contributed by atoms with Gasteiger partial charge in [-0.3, -0.25) is 0 Å². The molecule has 5 nitrogen and oxygen atoms in total. The van der Waals surface area contributed by atoms with E-state index < -0.39 is 16.0 Å². The Balaban J connectivity index is 1.88. The molecule has 0 aliphatic rings. The van der Waals surface area contributed by atoms with Crippen LogP contribution in [0.15, 0.2) is 77.7 Å². The average Bonchev–Trinajstić information content (AvgIpc) is 3.06. The number of aromatic nitrogens is 1. The summed E-state index contributed by atoms with van der Waals surface area (Å²) in [6, 6.07) is 20.1. The van der Waals surface area contributed by atoms with Crippen LogP contribution in [0.5, 0.6) is 0 Å². The maximum absolute atomic E-state index is 13.6. The van der Waals surface area contributed by atoms with Crippen molar-refractivity contribution in [2.24, 2.45) is 0 Å². The van der Waals surface area contributed by atoms with Crippen LogP contribution in [0.25, 0.3) is 10.9 Å². The average molecular weight is 440 g/mol. The normalized spacial score (nSPS) is 11.7. The number of halogens is 1. The summed E-state index contributed by atoms with van der Waals surface area (Å²) in [4.78, 5) is 11.3. The van der Waals surface area contributed by atoms with Gasteiger partial charge in [0.2, 0.25) is 0 Å². The molecule has 0 amide bonds. The highest BCUT2D eigenvalue weighted by Crippen LogP contribution is 2.29. The van der Waals surface area contributed by atoms with E-state index in [1.54, 1.807) is 54.6 Å². The Hall–Kier alpha value is -3.09. The van der Waals surface area contributed by atoms with Crippen molar-refractivity contribution in [1.82, 2.24) is 3.97 Å². The lowest BCUT2D eigenvalue weighted by Crippen LogP contribution is -2.16. The Morgan fingerprint density at radius 2 is 1.73 bits per heavy atom. The van der Waals surface area contributed by atoms with Gasteiger partial charge in [-0.05, 0) is 66.6 Å². The van der Waals surface area contributed by atoms with E-state index in [2.05, 4.69) is 0 Å². The molecule has 0 bridgehead atoms. The first-order valence-corrected chi connectivity index (χ1v) is 11.0. The van der Waals surface area contributed by atoms with Gasteiger partial charge in [0.15, 0.2) is 0 Å². The van der Waals surface area contributed by atoms with Gasteiger partial charge in [0.05, 0.1) is 16.0 Å². The van der Waals surface area contributed by atoms with E-state index in [1.807, 2.05) is 13.0 Å². The van der Waals surface area contributed by atoms with Gasteiger partial charge in [-0.25, -0.2) is 17.2 Å². The fourth-order valence-electron chi connectivity index (χ4n) is 3.48. The van der Waals surface area contributed by atoms with Crippen LogP contribution in [-0.2, 0) is 16.4 Å². The number of hydrogen-bond acceptors (Lipinski definition) is 3. The third kappa shape index (κ3) is 3.72. The van der Waals surface area contributed by atoms with Crippen molar-refractivity contribution < 1.29 is 18.3 Å². The zero-order valence-electron chi connectivity index (χ0n) is 16.0. The molecule has 7 heteroatoms. The summed E-state index contributed by atoms with van der Waals surface area (Å²) in [6.45, 7) is 1.84. The van der Waals surface area contributed by atoms with Gasteiger partial charge >= 0.3 is 5.97 Å². The lowest BCUT2D eigenvalue weighted by molar-refractivity contribution is 0.0697. The smallest absolute Gasteiger partial charge is 0.335 e. The molecule has 152 valence electrons. The van der Waals surface area contributed by atoms with Crippen LogP contribution in [0.1, 0.15) is 27.2 Å². The van der Waals surface area contributed by atoms with E-state index in [0.29, 0.717) is 22.7 Å². The number of fused-ring (bicyclic) bond motifs is 1. The molecular weight excluding hydrogens is 422 g/mol. The predicted octanol–water partition coefficient (Wildman–Crippen LogP) is 5.13. The van der Waals surface area contributed by atoms with Gasteiger partial charge in [0.1, 0.15) is 0 Å². The predicted molar refractivity (Wildman–Crippen MR) is 117 cm³/mol. The molecule has 30 heavy (non-hydrogen) atoms. The van der Waals surface area contributed by atoms with Gasteiger partial charge in [-0.2, -0.15) is 0 Å². The minimum atomic E-state index is -3.85. The zero-order chi connectivity index (χ0) is 21.5. The Morgan fingerprint density at radius 3 is 2.40 bits per heavy atom. The minimum Gasteiger partial charge on any atom is -0.478 e. The number of carbonyl (C=O) groups is 1. The topological polar surface area (TPSA) is 76.4 Å². The van der Waals surface area contributed by atoms with Crippen molar-refractivity contribution in [3.05, 3.63) is 100 Å². The van der Waals surface area contributed by atoms with E-state index >= 15 is 0 Å². The highest BCUT2D eigenvalue weighted by Gasteiger charge is 2.23. The molecule has 0 aliphatic heterocycles. The quantitative estimate of drug-likeness (QED) is 0.467. The molecule has 4 rings (SSSR count). The van der Waals surface area contributed by atoms with Crippen LogP contribution >= 0.6 is 11.6 Å². The summed E-state index contributed by atoms with van der Waals surface area (Å²) in [5.41, 5.74) is 2.93. The molecule has 0 saturated heterocycles. The summed E-state index contributed by atoms with van der Waals surface area (Å²) < 4.78 is 28.5. The molecular formula is C23H18ClNO4S. The molecule has 1 aromatic heterocycles. The lowest BCUT2D eigenvalue weighted by Gasteiger charge is -2.13. The second-order valence-corrected chi connectivity index (χ2v) is 9.33. The largest absolute Gasteiger partial charge is 0.478 e. The standard InChI is InChI=1S/C23H18ClNO4S/c1-15-3-2-4-21(11-15)30(28,29)25-20(14-18-13-19(24)9-10-22(18)25)12-16-5-7-17(8-6-16)23(26)27/h2-11,13-14H,12H2,1H3,(H,26,27). The second-order valence-electron chi connectivity index (χ2n) is 7.10. The van der Waals surface area contributed by atoms with Crippen LogP contribution < -0.4 is 0 Å². The van der Waals surface area contributed by atoms with Crippen molar-refractivity contribution in [3.8, 4) is 0 Å². The third-order valence-corrected chi connectivity index (χ3v) is 6.90. The van der Waals surface area contributed by atoms with E-state index in [1.165, 1.54) is 16.1 Å². The molecule has 1 N–H and O–H groups in total. The SMILES string of the molecule is Cc1cccc(S(=O)(=O)n2c(Cc3ccc(C(=O)O)cc3)cc3cc(Cl)ccc32)c1. The number of aryl methyl sites for hydroxylation is 1. The lowest BCUT2D eigenvalue weighted by atomic mass is 10.1. The van der Waals surface area contributed by atoms with Crippen LogP contribution in [0.3, 0.4) is 0 Å². The van der Waals surface area contributed by atoms with Gasteiger partial charge in [0, 0.05) is 22.5 Å². The zero-order valence-corrected chi connectivity index (χ0v) is 17.6. The number of aromatic carboxylic acids is 1. The number of nitrogens with zero attached hydrogens (tertiary/aromatic N) is 1. The van der Waals surface area contributed by atoms with Crippen LogP contribution in [0.2, 0.25) is 5.02 Å². The van der Waals surface area contributed by atoms with Crippen molar-refractivity contribution >= 4 is 38.5 Å². The van der Waals surface area contributed by atoms with Crippen LogP contribution in [0.4, 0.5) is 0 Å². The minimum absolute atomic E-state index is 0.179. The van der Waals surface area contributed by atoms with Crippen molar-refractivity contribution in [2.75, 3.05) is 0 Å². The maximum Gasteiger partial charge on any atom is 0.335 e. The molecule has 0 radical (unpaired) electrons. The van der Waals surface area contributed by atoms with Crippen molar-refractivity contribution in [1.29, 1.82) is 0 Å². The first-order chi connectivity index (χ1) is 14.3. The van der Waals surface area contributed by atoms with Crippen molar-refractivity contribution in [2.45, 2.75) is 18.2 Å². The second kappa shape index (κ2) is 7.63. The Bertz CT molecular complexity index is 1370. The first-order valence-electron chi connectivity index (χ1n) is 9.20. The maximum atomic E-state index is 13.6. The molecule has 4 aromatic rings. The molecule has 1 heterocycles. The van der Waals surface area contributed by atoms with Gasteiger partial charge in [0.25, 0.3) is 10.0 Å². The first kappa shape index (κ1) is 20.2. The van der Waals surface area contributed by atoms with Gasteiger partial charge < -0.3 is 5.11 Å². The molecule has 0 saturated carbocycles. The number of hydrogen-bond donors (Lipinski definition) is 1.